The minimum Gasteiger partial charge on any atom is -0.339 e. The van der Waals surface area contributed by atoms with E-state index in [1.54, 1.807) is 12.1 Å². The Morgan fingerprint density at radius 3 is 2.52 bits per heavy atom. The van der Waals surface area contributed by atoms with Crippen molar-refractivity contribution in [2.24, 2.45) is 11.8 Å². The van der Waals surface area contributed by atoms with Gasteiger partial charge in [0.2, 0.25) is 5.91 Å². The van der Waals surface area contributed by atoms with Crippen LogP contribution < -0.4 is 0 Å². The third-order valence-corrected chi connectivity index (χ3v) is 7.18. The lowest BCUT2D eigenvalue weighted by Gasteiger charge is -2.40. The zero-order valence-electron chi connectivity index (χ0n) is 16.6. The largest absolute Gasteiger partial charge is 0.339 e. The lowest BCUT2D eigenvalue weighted by atomic mass is 9.81. The van der Waals surface area contributed by atoms with Gasteiger partial charge in [0, 0.05) is 50.5 Å². The number of benzene rings is 1. The number of rotatable bonds is 4. The average molecular weight is 373 g/mol. The zero-order chi connectivity index (χ0) is 18.8. The van der Waals surface area contributed by atoms with Crippen molar-refractivity contribution in [1.29, 1.82) is 0 Å². The van der Waals surface area contributed by atoms with Gasteiger partial charge in [0.15, 0.2) is 0 Å². The van der Waals surface area contributed by atoms with Crippen LogP contribution in [0.15, 0.2) is 24.3 Å². The molecule has 0 unspecified atom stereocenters. The van der Waals surface area contributed by atoms with Crippen molar-refractivity contribution >= 4 is 5.91 Å². The van der Waals surface area contributed by atoms with E-state index in [1.165, 1.54) is 44.2 Å². The quantitative estimate of drug-likeness (QED) is 0.780. The fourth-order valence-electron chi connectivity index (χ4n) is 5.76. The minimum absolute atomic E-state index is 0.183. The number of likely N-dealkylation sites (tertiary alicyclic amines) is 2. The lowest BCUT2D eigenvalue weighted by Crippen LogP contribution is -2.49. The highest BCUT2D eigenvalue weighted by molar-refractivity contribution is 5.76. The van der Waals surface area contributed by atoms with Crippen LogP contribution in [-0.4, -0.2) is 47.9 Å². The number of piperidine rings is 1. The third kappa shape index (κ3) is 4.06. The van der Waals surface area contributed by atoms with E-state index >= 15 is 0 Å². The summed E-state index contributed by atoms with van der Waals surface area (Å²) in [5.74, 6) is 1.76. The monoisotopic (exact) mass is 372 g/mol. The second-order valence-corrected chi connectivity index (χ2v) is 8.84. The third-order valence-electron chi connectivity index (χ3n) is 7.18. The van der Waals surface area contributed by atoms with Gasteiger partial charge in [0.1, 0.15) is 5.82 Å². The average Bonchev–Trinajstić information content (AvgIpc) is 3.08. The second kappa shape index (κ2) is 8.30. The molecule has 3 nitrogen and oxygen atoms in total. The van der Waals surface area contributed by atoms with Crippen molar-refractivity contribution in [2.45, 2.75) is 63.8 Å². The fourth-order valence-corrected chi connectivity index (χ4v) is 5.76. The highest BCUT2D eigenvalue weighted by Crippen LogP contribution is 2.42. The van der Waals surface area contributed by atoms with Crippen molar-refractivity contribution in [1.82, 2.24) is 9.80 Å². The van der Waals surface area contributed by atoms with E-state index in [2.05, 4.69) is 9.80 Å². The Balaban J connectivity index is 1.50. The molecule has 0 bridgehead atoms. The molecule has 148 valence electrons. The summed E-state index contributed by atoms with van der Waals surface area (Å²) in [7, 11) is 0. The molecule has 4 heteroatoms. The van der Waals surface area contributed by atoms with E-state index in [1.807, 2.05) is 19.1 Å². The highest BCUT2D eigenvalue weighted by atomic mass is 19.1. The minimum atomic E-state index is -0.183. The molecule has 1 aromatic carbocycles. The molecule has 4 rings (SSSR count). The van der Waals surface area contributed by atoms with Gasteiger partial charge in [-0.05, 0) is 42.9 Å². The van der Waals surface area contributed by atoms with Gasteiger partial charge in [0.05, 0.1) is 0 Å². The van der Waals surface area contributed by atoms with Crippen molar-refractivity contribution < 1.29 is 9.18 Å². The number of halogens is 1. The van der Waals surface area contributed by atoms with E-state index in [9.17, 15) is 9.18 Å². The van der Waals surface area contributed by atoms with Crippen molar-refractivity contribution in [3.05, 3.63) is 35.6 Å². The molecule has 2 aliphatic heterocycles. The van der Waals surface area contributed by atoms with Crippen molar-refractivity contribution in [3.8, 4) is 0 Å². The second-order valence-electron chi connectivity index (χ2n) is 8.84. The summed E-state index contributed by atoms with van der Waals surface area (Å²) in [6, 6.07) is 7.35. The van der Waals surface area contributed by atoms with Crippen LogP contribution in [0, 0.1) is 17.7 Å². The first-order valence-electron chi connectivity index (χ1n) is 10.9. The van der Waals surface area contributed by atoms with Gasteiger partial charge in [-0.15, -0.1) is 0 Å². The smallest absolute Gasteiger partial charge is 0.222 e. The number of carbonyl (C=O) groups is 1. The summed E-state index contributed by atoms with van der Waals surface area (Å²) in [5.41, 5.74) is 1.19. The summed E-state index contributed by atoms with van der Waals surface area (Å²) in [6.07, 6.45) is 8.61. The first kappa shape index (κ1) is 18.9. The van der Waals surface area contributed by atoms with E-state index < -0.39 is 0 Å². The molecule has 0 radical (unpaired) electrons. The van der Waals surface area contributed by atoms with E-state index in [-0.39, 0.29) is 11.7 Å². The predicted molar refractivity (Wildman–Crippen MR) is 106 cm³/mol. The van der Waals surface area contributed by atoms with Crippen LogP contribution >= 0.6 is 0 Å². The Morgan fingerprint density at radius 2 is 1.81 bits per heavy atom. The molecular weight excluding hydrogens is 339 g/mol. The molecule has 0 aromatic heterocycles. The Bertz CT molecular complexity index is 640. The Labute approximate surface area is 162 Å². The van der Waals surface area contributed by atoms with Crippen LogP contribution in [0.25, 0.3) is 0 Å². The summed E-state index contributed by atoms with van der Waals surface area (Å²) in [5, 5.41) is 0. The molecule has 3 atom stereocenters. The fraction of sp³-hybridized carbons (Fsp3) is 0.696. The SMILES string of the molecule is CCC(=O)N1C[C@H](c2ccc(F)cc2)[C@H]2CN(CC3CCCCC3)CC[C@H]21. The van der Waals surface area contributed by atoms with Crippen molar-refractivity contribution in [2.75, 3.05) is 26.2 Å². The maximum atomic E-state index is 13.4. The van der Waals surface area contributed by atoms with Gasteiger partial charge in [-0.1, -0.05) is 38.3 Å². The van der Waals surface area contributed by atoms with Crippen LogP contribution in [0.1, 0.15) is 63.4 Å². The topological polar surface area (TPSA) is 23.6 Å². The van der Waals surface area contributed by atoms with Gasteiger partial charge < -0.3 is 9.80 Å². The van der Waals surface area contributed by atoms with Gasteiger partial charge >= 0.3 is 0 Å². The molecule has 0 spiro atoms. The molecule has 27 heavy (non-hydrogen) atoms. The molecule has 1 aromatic rings. The molecule has 0 N–H and O–H groups in total. The maximum absolute atomic E-state index is 13.4. The first-order chi connectivity index (χ1) is 13.2. The van der Waals surface area contributed by atoms with Crippen molar-refractivity contribution in [3.63, 3.8) is 0 Å². The summed E-state index contributed by atoms with van der Waals surface area (Å²) in [4.78, 5) is 17.3. The van der Waals surface area contributed by atoms with Gasteiger partial charge in [-0.3, -0.25) is 4.79 Å². The Hall–Kier alpha value is -1.42. The Kier molecular flexibility index (Phi) is 5.82. The number of carbonyl (C=O) groups excluding carboxylic acids is 1. The van der Waals surface area contributed by atoms with Crippen LogP contribution in [0.3, 0.4) is 0 Å². The van der Waals surface area contributed by atoms with Crippen LogP contribution in [-0.2, 0) is 4.79 Å². The number of amides is 1. The molecule has 3 fully saturated rings. The molecular formula is C23H33FN2O. The summed E-state index contributed by atoms with van der Waals surface area (Å²) in [6.45, 7) is 6.17. The standard InChI is InChI=1S/C23H33FN2O/c1-2-23(27)26-16-20(18-8-10-19(24)11-9-18)21-15-25(13-12-22(21)26)14-17-6-4-3-5-7-17/h8-11,17,20-22H,2-7,12-16H2,1H3/t20-,21-,22-/m1/s1. The normalized spacial score (nSPS) is 29.7. The highest BCUT2D eigenvalue weighted by Gasteiger charge is 2.46. The van der Waals surface area contributed by atoms with Crippen LogP contribution in [0.4, 0.5) is 4.39 Å². The Morgan fingerprint density at radius 1 is 1.07 bits per heavy atom. The zero-order valence-corrected chi connectivity index (χ0v) is 16.6. The molecule has 1 saturated carbocycles. The van der Waals surface area contributed by atoms with E-state index in [0.29, 0.717) is 24.3 Å². The summed E-state index contributed by atoms with van der Waals surface area (Å²) < 4.78 is 13.4. The lowest BCUT2D eigenvalue weighted by molar-refractivity contribution is -0.132. The summed E-state index contributed by atoms with van der Waals surface area (Å²) >= 11 is 0. The van der Waals surface area contributed by atoms with Gasteiger partial charge in [0.25, 0.3) is 0 Å². The number of nitrogens with zero attached hydrogens (tertiary/aromatic N) is 2. The predicted octanol–water partition coefficient (Wildman–Crippen LogP) is 4.43. The molecule has 2 heterocycles. The number of hydrogen-bond acceptors (Lipinski definition) is 2. The van der Waals surface area contributed by atoms with Crippen LogP contribution in [0.5, 0.6) is 0 Å². The molecule has 1 amide bonds. The van der Waals surface area contributed by atoms with Crippen LogP contribution in [0.2, 0.25) is 0 Å². The van der Waals surface area contributed by atoms with E-state index in [4.69, 9.17) is 0 Å². The molecule has 2 saturated heterocycles. The molecule has 1 aliphatic carbocycles. The first-order valence-corrected chi connectivity index (χ1v) is 10.9. The molecule has 3 aliphatic rings. The van der Waals surface area contributed by atoms with Gasteiger partial charge in [-0.25, -0.2) is 4.39 Å². The number of fused-ring (bicyclic) bond motifs is 1. The maximum Gasteiger partial charge on any atom is 0.222 e. The van der Waals surface area contributed by atoms with E-state index in [0.717, 1.165) is 32.0 Å². The number of hydrogen-bond donors (Lipinski definition) is 0. The van der Waals surface area contributed by atoms with Gasteiger partial charge in [-0.2, -0.15) is 0 Å².